The van der Waals surface area contributed by atoms with Gasteiger partial charge in [0.05, 0.1) is 0 Å². The van der Waals surface area contributed by atoms with E-state index in [1.165, 1.54) is 12.2 Å². The van der Waals surface area contributed by atoms with Gasteiger partial charge in [0.15, 0.2) is 0 Å². The zero-order valence-corrected chi connectivity index (χ0v) is 8.08. The monoisotopic (exact) mass is 161 g/mol. The fourth-order valence-electron chi connectivity index (χ4n) is 0.681. The Hall–Kier alpha value is 0.310. The molecule has 10 heavy (non-hydrogen) atoms. The molecule has 0 radical (unpaired) electrons. The Morgan fingerprint density at radius 1 is 1.40 bits per heavy atom. The Balaban J connectivity index is 3.26. The average molecular weight is 161 g/mol. The molecule has 0 amide bonds. The van der Waals surface area contributed by atoms with Crippen molar-refractivity contribution in [1.29, 1.82) is 0 Å². The predicted molar refractivity (Wildman–Crippen MR) is 50.4 cm³/mol. The molecule has 0 aromatic rings. The van der Waals surface area contributed by atoms with E-state index in [1.54, 1.807) is 0 Å². The van der Waals surface area contributed by atoms with Crippen LogP contribution in [-0.4, -0.2) is 17.5 Å². The van der Waals surface area contributed by atoms with Crippen LogP contribution in [0.3, 0.4) is 0 Å². The molecule has 0 saturated heterocycles. The minimum absolute atomic E-state index is 0.683. The fraction of sp³-hybridized carbons (Fsp3) is 1.00. The van der Waals surface area contributed by atoms with Gasteiger partial charge in [0, 0.05) is 11.8 Å². The minimum Gasteiger partial charge on any atom is -0.329 e. The van der Waals surface area contributed by atoms with Gasteiger partial charge in [0.2, 0.25) is 0 Å². The lowest BCUT2D eigenvalue weighted by Crippen LogP contribution is -2.16. The second-order valence-corrected chi connectivity index (χ2v) is 4.33. The van der Waals surface area contributed by atoms with E-state index >= 15 is 0 Å². The Morgan fingerprint density at radius 2 is 2.00 bits per heavy atom. The van der Waals surface area contributed by atoms with Crippen molar-refractivity contribution in [3.05, 3.63) is 0 Å². The summed E-state index contributed by atoms with van der Waals surface area (Å²) in [6.45, 7) is 7.52. The third-order valence-electron chi connectivity index (χ3n) is 1.38. The van der Waals surface area contributed by atoms with Crippen LogP contribution in [0.25, 0.3) is 0 Å². The van der Waals surface area contributed by atoms with Gasteiger partial charge < -0.3 is 5.73 Å². The highest BCUT2D eigenvalue weighted by Gasteiger charge is 2.04. The minimum atomic E-state index is 0.683. The molecule has 2 N–H and O–H groups in total. The molecule has 0 heterocycles. The predicted octanol–water partition coefficient (Wildman–Crippen LogP) is 2.11. The number of rotatable bonds is 5. The second-order valence-electron chi connectivity index (χ2n) is 2.99. The molecule has 0 bridgehead atoms. The molecule has 0 rings (SSSR count). The van der Waals surface area contributed by atoms with Crippen molar-refractivity contribution in [3.8, 4) is 0 Å². The van der Waals surface area contributed by atoms with E-state index in [0.29, 0.717) is 5.25 Å². The molecule has 2 heteroatoms. The van der Waals surface area contributed by atoms with E-state index < -0.39 is 0 Å². The SMILES string of the molecule is CCC(CN)SCC(C)C. The molecule has 0 spiro atoms. The molecule has 0 aliphatic rings. The largest absolute Gasteiger partial charge is 0.329 e. The van der Waals surface area contributed by atoms with Crippen molar-refractivity contribution >= 4 is 11.8 Å². The van der Waals surface area contributed by atoms with Crippen LogP contribution in [0, 0.1) is 5.92 Å². The summed E-state index contributed by atoms with van der Waals surface area (Å²) < 4.78 is 0. The van der Waals surface area contributed by atoms with Gasteiger partial charge in [-0.25, -0.2) is 0 Å². The zero-order valence-electron chi connectivity index (χ0n) is 7.26. The van der Waals surface area contributed by atoms with Crippen molar-refractivity contribution in [2.45, 2.75) is 32.4 Å². The number of hydrogen-bond donors (Lipinski definition) is 1. The van der Waals surface area contributed by atoms with Gasteiger partial charge in [-0.3, -0.25) is 0 Å². The lowest BCUT2D eigenvalue weighted by Gasteiger charge is -2.12. The van der Waals surface area contributed by atoms with E-state index in [9.17, 15) is 0 Å². The Bertz CT molecular complexity index is 69.7. The average Bonchev–Trinajstić information content (AvgIpc) is 1.90. The maximum absolute atomic E-state index is 5.55. The summed E-state index contributed by atoms with van der Waals surface area (Å²) in [5.41, 5.74) is 5.55. The molecule has 62 valence electrons. The van der Waals surface area contributed by atoms with Gasteiger partial charge in [0.1, 0.15) is 0 Å². The summed E-state index contributed by atoms with van der Waals surface area (Å²) >= 11 is 2.00. The summed E-state index contributed by atoms with van der Waals surface area (Å²) in [5.74, 6) is 2.04. The van der Waals surface area contributed by atoms with Crippen molar-refractivity contribution in [1.82, 2.24) is 0 Å². The lowest BCUT2D eigenvalue weighted by atomic mass is 10.3. The highest BCUT2D eigenvalue weighted by Crippen LogP contribution is 2.16. The maximum Gasteiger partial charge on any atom is 0.0167 e. The van der Waals surface area contributed by atoms with Crippen LogP contribution < -0.4 is 5.73 Å². The third-order valence-corrected chi connectivity index (χ3v) is 3.24. The quantitative estimate of drug-likeness (QED) is 0.668. The summed E-state index contributed by atoms with van der Waals surface area (Å²) in [5, 5.41) is 0.683. The molecule has 0 aromatic heterocycles. The molecule has 1 nitrogen and oxygen atoms in total. The van der Waals surface area contributed by atoms with Crippen LogP contribution in [0.4, 0.5) is 0 Å². The number of thioether (sulfide) groups is 1. The first-order valence-electron chi connectivity index (χ1n) is 4.02. The zero-order chi connectivity index (χ0) is 7.98. The third kappa shape index (κ3) is 5.12. The molecule has 1 unspecified atom stereocenters. The topological polar surface area (TPSA) is 26.0 Å². The van der Waals surface area contributed by atoms with Gasteiger partial charge in [0.25, 0.3) is 0 Å². The van der Waals surface area contributed by atoms with Crippen LogP contribution in [0.1, 0.15) is 27.2 Å². The van der Waals surface area contributed by atoms with Crippen LogP contribution in [-0.2, 0) is 0 Å². The Labute approximate surface area is 68.8 Å². The first-order valence-corrected chi connectivity index (χ1v) is 5.07. The lowest BCUT2D eigenvalue weighted by molar-refractivity contribution is 0.741. The van der Waals surface area contributed by atoms with Crippen LogP contribution in [0.15, 0.2) is 0 Å². The van der Waals surface area contributed by atoms with Crippen LogP contribution >= 0.6 is 11.8 Å². The Kier molecular flexibility index (Phi) is 6.24. The number of hydrogen-bond acceptors (Lipinski definition) is 2. The molecular formula is C8H19NS. The smallest absolute Gasteiger partial charge is 0.0167 e. The van der Waals surface area contributed by atoms with Crippen molar-refractivity contribution in [2.24, 2.45) is 11.7 Å². The molecule has 1 atom stereocenters. The van der Waals surface area contributed by atoms with E-state index in [4.69, 9.17) is 5.73 Å². The molecular weight excluding hydrogens is 142 g/mol. The van der Waals surface area contributed by atoms with Gasteiger partial charge in [-0.1, -0.05) is 20.8 Å². The molecule has 0 aromatic carbocycles. The van der Waals surface area contributed by atoms with E-state index in [-0.39, 0.29) is 0 Å². The van der Waals surface area contributed by atoms with Crippen LogP contribution in [0.5, 0.6) is 0 Å². The maximum atomic E-state index is 5.55. The van der Waals surface area contributed by atoms with Crippen molar-refractivity contribution < 1.29 is 0 Å². The summed E-state index contributed by atoms with van der Waals surface area (Å²) in [7, 11) is 0. The second kappa shape index (κ2) is 6.05. The van der Waals surface area contributed by atoms with E-state index in [0.717, 1.165) is 12.5 Å². The molecule has 0 aliphatic heterocycles. The van der Waals surface area contributed by atoms with Gasteiger partial charge in [-0.2, -0.15) is 11.8 Å². The summed E-state index contributed by atoms with van der Waals surface area (Å²) in [6, 6.07) is 0. The molecule has 0 fully saturated rings. The van der Waals surface area contributed by atoms with Gasteiger partial charge >= 0.3 is 0 Å². The summed E-state index contributed by atoms with van der Waals surface area (Å²) in [4.78, 5) is 0. The van der Waals surface area contributed by atoms with Gasteiger partial charge in [-0.05, 0) is 18.1 Å². The first kappa shape index (κ1) is 10.3. The van der Waals surface area contributed by atoms with Crippen molar-refractivity contribution in [3.63, 3.8) is 0 Å². The summed E-state index contributed by atoms with van der Waals surface area (Å²) in [6.07, 6.45) is 1.20. The standard InChI is InChI=1S/C8H19NS/c1-4-8(5-9)10-6-7(2)3/h7-8H,4-6,9H2,1-3H3. The van der Waals surface area contributed by atoms with E-state index in [1.807, 2.05) is 11.8 Å². The van der Waals surface area contributed by atoms with E-state index in [2.05, 4.69) is 20.8 Å². The Morgan fingerprint density at radius 3 is 2.30 bits per heavy atom. The van der Waals surface area contributed by atoms with Crippen molar-refractivity contribution in [2.75, 3.05) is 12.3 Å². The molecule has 0 saturated carbocycles. The highest BCUT2D eigenvalue weighted by atomic mass is 32.2. The normalized spacial score (nSPS) is 14.1. The first-order chi connectivity index (χ1) is 4.70. The fourth-order valence-corrected chi connectivity index (χ4v) is 1.71. The van der Waals surface area contributed by atoms with Crippen LogP contribution in [0.2, 0.25) is 0 Å². The molecule has 0 aliphatic carbocycles. The van der Waals surface area contributed by atoms with Gasteiger partial charge in [-0.15, -0.1) is 0 Å². The highest BCUT2D eigenvalue weighted by molar-refractivity contribution is 7.99. The number of nitrogens with two attached hydrogens (primary N) is 1.